The van der Waals surface area contributed by atoms with E-state index in [1.54, 1.807) is 19.1 Å². The summed E-state index contributed by atoms with van der Waals surface area (Å²) in [6, 6.07) is 5.78. The number of nitro benzene ring substituents is 1. The van der Waals surface area contributed by atoms with E-state index >= 15 is 0 Å². The van der Waals surface area contributed by atoms with E-state index in [1.165, 1.54) is 38.3 Å². The monoisotopic (exact) mass is 293 g/mol. The number of aryl methyl sites for hydroxylation is 1. The number of ether oxygens (including phenoxy) is 1. The second-order valence-electron chi connectivity index (χ2n) is 5.83. The maximum Gasteiger partial charge on any atom is 0.272 e. The zero-order valence-electron chi connectivity index (χ0n) is 12.7. The number of hydrogen-bond acceptors (Lipinski definition) is 3. The van der Waals surface area contributed by atoms with Crippen molar-refractivity contribution < 1.29 is 15.0 Å². The van der Waals surface area contributed by atoms with Crippen molar-refractivity contribution in [3.05, 3.63) is 33.9 Å². The van der Waals surface area contributed by atoms with Gasteiger partial charge in [-0.3, -0.25) is 10.1 Å². The highest BCUT2D eigenvalue weighted by Crippen LogP contribution is 2.23. The number of nitrogens with two attached hydrogens (primary N) is 1. The zero-order chi connectivity index (χ0) is 15.1. The van der Waals surface area contributed by atoms with Crippen LogP contribution in [0.1, 0.15) is 44.1 Å². The smallest absolute Gasteiger partial charge is 0.272 e. The lowest BCUT2D eigenvalue weighted by Crippen LogP contribution is -2.89. The van der Waals surface area contributed by atoms with E-state index in [1.807, 2.05) is 0 Å². The van der Waals surface area contributed by atoms with Crippen molar-refractivity contribution in [2.45, 2.75) is 51.5 Å². The maximum absolute atomic E-state index is 10.7. The molecule has 0 aliphatic heterocycles. The van der Waals surface area contributed by atoms with Crippen LogP contribution in [0.25, 0.3) is 0 Å². The van der Waals surface area contributed by atoms with Crippen LogP contribution in [0.5, 0.6) is 5.75 Å². The summed E-state index contributed by atoms with van der Waals surface area (Å²) in [6.45, 7) is 3.59. The fraction of sp³-hybridized carbons (Fsp3) is 0.625. The second-order valence-corrected chi connectivity index (χ2v) is 5.83. The van der Waals surface area contributed by atoms with Crippen LogP contribution in [0.15, 0.2) is 18.2 Å². The van der Waals surface area contributed by atoms with Gasteiger partial charge in [0.1, 0.15) is 5.75 Å². The van der Waals surface area contributed by atoms with Gasteiger partial charge >= 0.3 is 0 Å². The van der Waals surface area contributed by atoms with Crippen LogP contribution in [0.2, 0.25) is 0 Å². The predicted molar refractivity (Wildman–Crippen MR) is 81.6 cm³/mol. The molecule has 1 aliphatic rings. The first kappa shape index (κ1) is 15.8. The molecule has 1 fully saturated rings. The van der Waals surface area contributed by atoms with Crippen LogP contribution < -0.4 is 10.1 Å². The number of nitrogens with zero attached hydrogens (tertiary/aromatic N) is 1. The Morgan fingerprint density at radius 2 is 2.10 bits per heavy atom. The predicted octanol–water partition coefficient (Wildman–Crippen LogP) is 2.57. The molecule has 1 saturated carbocycles. The molecule has 5 heteroatoms. The van der Waals surface area contributed by atoms with Crippen molar-refractivity contribution >= 4 is 5.69 Å². The van der Waals surface area contributed by atoms with Gasteiger partial charge in [0.25, 0.3) is 5.69 Å². The topological polar surface area (TPSA) is 69.0 Å². The Labute approximate surface area is 125 Å². The Balaban J connectivity index is 1.62. The van der Waals surface area contributed by atoms with Crippen molar-refractivity contribution in [3.8, 4) is 5.75 Å². The van der Waals surface area contributed by atoms with E-state index in [9.17, 15) is 10.1 Å². The summed E-state index contributed by atoms with van der Waals surface area (Å²) < 4.78 is 5.66. The molecule has 0 spiro atoms. The third-order valence-electron chi connectivity index (χ3n) is 4.13. The van der Waals surface area contributed by atoms with Gasteiger partial charge in [0, 0.05) is 11.6 Å². The number of hydrogen-bond donors (Lipinski definition) is 1. The molecule has 5 nitrogen and oxygen atoms in total. The van der Waals surface area contributed by atoms with Gasteiger partial charge in [-0.05, 0) is 57.6 Å². The second kappa shape index (κ2) is 7.98. The quantitative estimate of drug-likeness (QED) is 0.455. The van der Waals surface area contributed by atoms with E-state index in [4.69, 9.17) is 4.74 Å². The van der Waals surface area contributed by atoms with Gasteiger partial charge in [-0.25, -0.2) is 0 Å². The number of nitro groups is 1. The van der Waals surface area contributed by atoms with Crippen molar-refractivity contribution in [3.63, 3.8) is 0 Å². The van der Waals surface area contributed by atoms with Crippen LogP contribution in [0, 0.1) is 17.0 Å². The molecule has 0 amide bonds. The first-order valence-electron chi connectivity index (χ1n) is 7.88. The minimum absolute atomic E-state index is 0.147. The van der Waals surface area contributed by atoms with Crippen LogP contribution in [0.4, 0.5) is 5.69 Å². The van der Waals surface area contributed by atoms with Crippen LogP contribution in [-0.2, 0) is 0 Å². The van der Waals surface area contributed by atoms with Crippen LogP contribution in [0.3, 0.4) is 0 Å². The Kier molecular flexibility index (Phi) is 5.99. The van der Waals surface area contributed by atoms with Gasteiger partial charge in [0.2, 0.25) is 0 Å². The lowest BCUT2D eigenvalue weighted by Gasteiger charge is -2.09. The zero-order valence-corrected chi connectivity index (χ0v) is 12.7. The molecule has 0 unspecified atom stereocenters. The van der Waals surface area contributed by atoms with E-state index in [0.29, 0.717) is 12.2 Å². The third-order valence-corrected chi connectivity index (χ3v) is 4.13. The van der Waals surface area contributed by atoms with Crippen molar-refractivity contribution in [1.29, 1.82) is 0 Å². The SMILES string of the molecule is Cc1cc(OCCCC[NH2+]C2CCCC2)ccc1[N+](=O)[O-]. The molecule has 2 rings (SSSR count). The number of quaternary nitrogens is 1. The molecular formula is C16H25N2O3+. The van der Waals surface area contributed by atoms with E-state index in [-0.39, 0.29) is 10.6 Å². The molecule has 2 N–H and O–H groups in total. The Hall–Kier alpha value is -1.62. The molecule has 116 valence electrons. The van der Waals surface area contributed by atoms with Gasteiger partial charge in [-0.2, -0.15) is 0 Å². The molecule has 0 atom stereocenters. The summed E-state index contributed by atoms with van der Waals surface area (Å²) >= 11 is 0. The number of rotatable bonds is 8. The van der Waals surface area contributed by atoms with E-state index in [2.05, 4.69) is 5.32 Å². The standard InChI is InChI=1S/C16H24N2O3/c1-13-12-15(8-9-16(13)18(19)20)21-11-5-4-10-17-14-6-2-3-7-14/h8-9,12,14,17H,2-7,10-11H2,1H3/p+1. The molecule has 1 aliphatic carbocycles. The molecule has 1 aromatic rings. The van der Waals surface area contributed by atoms with E-state index < -0.39 is 0 Å². The summed E-state index contributed by atoms with van der Waals surface area (Å²) in [7, 11) is 0. The van der Waals surface area contributed by atoms with Crippen LogP contribution >= 0.6 is 0 Å². The number of unbranched alkanes of at least 4 members (excludes halogenated alkanes) is 1. The molecule has 0 aromatic heterocycles. The van der Waals surface area contributed by atoms with Crippen LogP contribution in [-0.4, -0.2) is 24.1 Å². The molecule has 1 aromatic carbocycles. The first-order valence-corrected chi connectivity index (χ1v) is 7.88. The van der Waals surface area contributed by atoms with Crippen molar-refractivity contribution in [2.24, 2.45) is 0 Å². The lowest BCUT2D eigenvalue weighted by molar-refractivity contribution is -0.688. The summed E-state index contributed by atoms with van der Waals surface area (Å²) in [5.41, 5.74) is 0.792. The maximum atomic E-state index is 10.7. The third kappa shape index (κ3) is 5.01. The summed E-state index contributed by atoms with van der Waals surface area (Å²) in [6.07, 6.45) is 7.71. The molecule has 0 radical (unpaired) electrons. The normalized spacial score (nSPS) is 15.3. The highest BCUT2D eigenvalue weighted by Gasteiger charge is 2.16. The van der Waals surface area contributed by atoms with Gasteiger partial charge < -0.3 is 10.1 Å². The minimum atomic E-state index is -0.363. The summed E-state index contributed by atoms with van der Waals surface area (Å²) in [4.78, 5) is 10.4. The molecular weight excluding hydrogens is 268 g/mol. The molecule has 0 saturated heterocycles. The molecule has 0 heterocycles. The summed E-state index contributed by atoms with van der Waals surface area (Å²) in [5.74, 6) is 0.720. The lowest BCUT2D eigenvalue weighted by atomic mass is 10.2. The van der Waals surface area contributed by atoms with Gasteiger partial charge in [-0.1, -0.05) is 0 Å². The fourth-order valence-electron chi connectivity index (χ4n) is 2.91. The van der Waals surface area contributed by atoms with Crippen molar-refractivity contribution in [2.75, 3.05) is 13.2 Å². The fourth-order valence-corrected chi connectivity index (χ4v) is 2.91. The summed E-state index contributed by atoms with van der Waals surface area (Å²) in [5, 5.41) is 13.2. The largest absolute Gasteiger partial charge is 0.494 e. The average Bonchev–Trinajstić information content (AvgIpc) is 2.95. The first-order chi connectivity index (χ1) is 10.2. The van der Waals surface area contributed by atoms with Gasteiger partial charge in [-0.15, -0.1) is 0 Å². The van der Waals surface area contributed by atoms with Gasteiger partial charge in [0.05, 0.1) is 24.1 Å². The minimum Gasteiger partial charge on any atom is -0.494 e. The molecule has 0 bridgehead atoms. The Morgan fingerprint density at radius 1 is 1.33 bits per heavy atom. The van der Waals surface area contributed by atoms with E-state index in [0.717, 1.165) is 24.6 Å². The average molecular weight is 293 g/mol. The Morgan fingerprint density at radius 3 is 2.76 bits per heavy atom. The van der Waals surface area contributed by atoms with Crippen molar-refractivity contribution in [1.82, 2.24) is 0 Å². The highest BCUT2D eigenvalue weighted by molar-refractivity contribution is 5.44. The van der Waals surface area contributed by atoms with Gasteiger partial charge in [0.15, 0.2) is 0 Å². The highest BCUT2D eigenvalue weighted by atomic mass is 16.6. The molecule has 21 heavy (non-hydrogen) atoms. The Bertz CT molecular complexity index is 471. The number of benzene rings is 1.